The Morgan fingerprint density at radius 2 is 0.878 bits per heavy atom. The molecule has 0 spiro atoms. The molecule has 0 aromatic rings. The Bertz CT molecular complexity index is 921. The van der Waals surface area contributed by atoms with E-state index in [4.69, 9.17) is 14.2 Å². The van der Waals surface area contributed by atoms with E-state index in [-0.39, 0.29) is 86.1 Å². The van der Waals surface area contributed by atoms with E-state index in [1.54, 1.807) is 0 Å². The molecule has 0 bridgehead atoms. The number of hydrogen-bond donors (Lipinski definition) is 1. The zero-order valence-electron chi connectivity index (χ0n) is 33.3. The zero-order valence-corrected chi connectivity index (χ0v) is 33.3. The van der Waals surface area contributed by atoms with Crippen LogP contribution in [0.3, 0.4) is 0 Å². The molecule has 9 nitrogen and oxygen atoms in total. The first-order valence-corrected chi connectivity index (χ1v) is 19.6. The summed E-state index contributed by atoms with van der Waals surface area (Å²) in [5.41, 5.74) is -1.62. The summed E-state index contributed by atoms with van der Waals surface area (Å²) in [5.74, 6) is -0.181. The van der Waals surface area contributed by atoms with Crippen LogP contribution in [-0.2, 0) is 28.6 Å². The second-order valence-electron chi connectivity index (χ2n) is 18.0. The van der Waals surface area contributed by atoms with Crippen molar-refractivity contribution in [3.8, 4) is 0 Å². The van der Waals surface area contributed by atoms with Gasteiger partial charge >= 0.3 is 0 Å². The minimum atomic E-state index is -0.637. The molecular weight excluding hydrogens is 618 g/mol. The van der Waals surface area contributed by atoms with E-state index in [2.05, 4.69) is 56.7 Å². The van der Waals surface area contributed by atoms with Crippen LogP contribution in [0.15, 0.2) is 0 Å². The maximum atomic E-state index is 13.8. The topological polar surface area (TPSA) is 97.4 Å². The number of rotatable bonds is 15. The summed E-state index contributed by atoms with van der Waals surface area (Å²) in [6.07, 6.45) is 16.8. The van der Waals surface area contributed by atoms with Crippen molar-refractivity contribution in [2.24, 2.45) is 5.41 Å². The molecule has 0 atom stereocenters. The van der Waals surface area contributed by atoms with Gasteiger partial charge in [-0.3, -0.25) is 14.4 Å². The van der Waals surface area contributed by atoms with E-state index < -0.39 is 5.41 Å². The van der Waals surface area contributed by atoms with Crippen LogP contribution in [0.2, 0.25) is 0 Å². The lowest BCUT2D eigenvalue weighted by Crippen LogP contribution is -2.53. The Labute approximate surface area is 300 Å². The van der Waals surface area contributed by atoms with Gasteiger partial charge in [-0.05, 0) is 94.4 Å². The average Bonchev–Trinajstić information content (AvgIpc) is 2.93. The number of carbonyl (C=O) groups excluding carboxylic acids is 3. The Balaban J connectivity index is 2.15. The second-order valence-corrected chi connectivity index (χ2v) is 18.0. The van der Waals surface area contributed by atoms with Gasteiger partial charge in [0.25, 0.3) is 0 Å². The van der Waals surface area contributed by atoms with E-state index in [1.807, 2.05) is 27.7 Å². The van der Waals surface area contributed by atoms with Gasteiger partial charge in [0.05, 0.1) is 19.8 Å². The molecule has 2 saturated carbocycles. The molecule has 49 heavy (non-hydrogen) atoms. The van der Waals surface area contributed by atoms with Gasteiger partial charge < -0.3 is 29.3 Å². The van der Waals surface area contributed by atoms with Gasteiger partial charge in [0.15, 0.2) is 0 Å². The first-order valence-electron chi connectivity index (χ1n) is 19.6. The molecule has 286 valence electrons. The van der Waals surface area contributed by atoms with Gasteiger partial charge in [0.2, 0.25) is 17.7 Å². The number of carbonyl (C=O) groups is 3. The summed E-state index contributed by atoms with van der Waals surface area (Å²) >= 11 is 0. The first kappa shape index (κ1) is 43.5. The quantitative estimate of drug-likeness (QED) is 0.188. The summed E-state index contributed by atoms with van der Waals surface area (Å²) in [7, 11) is 0. The fourth-order valence-electron chi connectivity index (χ4n) is 7.73. The van der Waals surface area contributed by atoms with Gasteiger partial charge in [-0.2, -0.15) is 0 Å². The van der Waals surface area contributed by atoms with Gasteiger partial charge in [-0.15, -0.1) is 0 Å². The zero-order chi connectivity index (χ0) is 36.7. The molecule has 0 radical (unpaired) electrons. The molecule has 2 rings (SSSR count). The third-order valence-electron chi connectivity index (χ3n) is 10.0. The fraction of sp³-hybridized carbons (Fsp3) is 0.925. The lowest BCUT2D eigenvalue weighted by molar-refractivity contribution is -0.151. The number of amides is 3. The largest absolute Gasteiger partial charge is 0.371 e. The van der Waals surface area contributed by atoms with Crippen molar-refractivity contribution in [1.82, 2.24) is 15.1 Å². The molecule has 2 aliphatic carbocycles. The smallest absolute Gasteiger partial charge is 0.249 e. The minimum Gasteiger partial charge on any atom is -0.371 e. The fourth-order valence-corrected chi connectivity index (χ4v) is 7.73. The van der Waals surface area contributed by atoms with Crippen molar-refractivity contribution < 1.29 is 28.6 Å². The van der Waals surface area contributed by atoms with Crippen molar-refractivity contribution in [2.75, 3.05) is 39.6 Å². The normalized spacial score (nSPS) is 18.2. The summed E-state index contributed by atoms with van der Waals surface area (Å²) in [4.78, 5) is 44.3. The lowest BCUT2D eigenvalue weighted by atomic mass is 9.88. The lowest BCUT2D eigenvalue weighted by Gasteiger charge is -2.43. The Hall–Kier alpha value is -1.71. The molecule has 2 fully saturated rings. The second kappa shape index (κ2) is 20.4. The third-order valence-corrected chi connectivity index (χ3v) is 10.0. The van der Waals surface area contributed by atoms with Crippen molar-refractivity contribution in [1.29, 1.82) is 0 Å². The molecule has 3 amide bonds. The van der Waals surface area contributed by atoms with Gasteiger partial charge in [-0.1, -0.05) is 71.1 Å². The van der Waals surface area contributed by atoms with Crippen LogP contribution in [0, 0.1) is 5.41 Å². The van der Waals surface area contributed by atoms with Crippen LogP contribution in [0.25, 0.3) is 0 Å². The number of nitrogens with zero attached hydrogens (tertiary/aromatic N) is 2. The third kappa shape index (κ3) is 16.0. The monoisotopic (exact) mass is 694 g/mol. The van der Waals surface area contributed by atoms with E-state index in [1.165, 1.54) is 38.5 Å². The van der Waals surface area contributed by atoms with Crippen LogP contribution in [0.1, 0.15) is 166 Å². The molecule has 0 saturated heterocycles. The van der Waals surface area contributed by atoms with Crippen molar-refractivity contribution in [3.05, 3.63) is 0 Å². The Morgan fingerprint density at radius 3 is 1.18 bits per heavy atom. The molecule has 9 heteroatoms. The summed E-state index contributed by atoms with van der Waals surface area (Å²) in [6, 6.07) is 0.435. The summed E-state index contributed by atoms with van der Waals surface area (Å²) < 4.78 is 18.5. The van der Waals surface area contributed by atoms with Crippen LogP contribution < -0.4 is 5.32 Å². The van der Waals surface area contributed by atoms with Crippen LogP contribution >= 0.6 is 0 Å². The molecule has 1 N–H and O–H groups in total. The highest BCUT2D eigenvalue weighted by molar-refractivity contribution is 5.79. The van der Waals surface area contributed by atoms with Gasteiger partial charge in [0.1, 0.15) is 19.8 Å². The van der Waals surface area contributed by atoms with Crippen LogP contribution in [0.4, 0.5) is 0 Å². The molecular formula is C40H75N3O6. The molecule has 0 aromatic carbocycles. The highest BCUT2D eigenvalue weighted by Gasteiger charge is 2.37. The number of hydrogen-bond acceptors (Lipinski definition) is 6. The predicted molar refractivity (Wildman–Crippen MR) is 198 cm³/mol. The first-order chi connectivity index (χ1) is 22.9. The van der Waals surface area contributed by atoms with E-state index in [9.17, 15) is 14.4 Å². The molecule has 0 aliphatic heterocycles. The highest BCUT2D eigenvalue weighted by Crippen LogP contribution is 2.30. The maximum absolute atomic E-state index is 13.8. The maximum Gasteiger partial charge on any atom is 0.249 e. The van der Waals surface area contributed by atoms with Crippen molar-refractivity contribution in [2.45, 2.75) is 194 Å². The molecule has 0 unspecified atom stereocenters. The minimum absolute atomic E-state index is 0.00432. The predicted octanol–water partition coefficient (Wildman–Crippen LogP) is 7.83. The number of nitrogens with one attached hydrogen (secondary N) is 1. The Kier molecular flexibility index (Phi) is 18.1. The highest BCUT2D eigenvalue weighted by atomic mass is 16.5. The van der Waals surface area contributed by atoms with Crippen LogP contribution in [-0.4, -0.2) is 95.9 Å². The van der Waals surface area contributed by atoms with Crippen molar-refractivity contribution in [3.63, 3.8) is 0 Å². The van der Waals surface area contributed by atoms with Crippen molar-refractivity contribution >= 4 is 17.7 Å². The Morgan fingerprint density at radius 1 is 0.551 bits per heavy atom. The molecule has 2 aliphatic rings. The van der Waals surface area contributed by atoms with E-state index >= 15 is 0 Å². The standard InChI is InChI=1S/C40H75N3O6/c1-11-40(29-47-26-34(44)41-37(2,3)4,30-48-27-35(45)42(38(5,6)7)32-22-18-14-12-15-19-23-32)31-49-28-36(46)43(39(8,9)10)33-24-20-16-13-17-21-25-33/h32-33H,11-31H2,1-10H3,(H,41,44). The van der Waals surface area contributed by atoms with Gasteiger partial charge in [-0.25, -0.2) is 0 Å². The van der Waals surface area contributed by atoms with Gasteiger partial charge in [0, 0.05) is 34.1 Å². The molecule has 0 heterocycles. The van der Waals surface area contributed by atoms with E-state index in [0.29, 0.717) is 6.42 Å². The van der Waals surface area contributed by atoms with E-state index in [0.717, 1.165) is 51.4 Å². The molecule has 0 aromatic heterocycles. The SMILES string of the molecule is CCC(COCC(=O)NC(C)(C)C)(COCC(=O)N(C1CCCCCCC1)C(C)(C)C)COCC(=O)N(C1CCCCCCC1)C(C)(C)C. The summed E-state index contributed by atoms with van der Waals surface area (Å²) in [6.45, 7) is 21.0. The number of ether oxygens (including phenoxy) is 3. The average molecular weight is 694 g/mol. The summed E-state index contributed by atoms with van der Waals surface area (Å²) in [5, 5.41) is 2.94. The van der Waals surface area contributed by atoms with Crippen LogP contribution in [0.5, 0.6) is 0 Å².